The number of amides is 3. The van der Waals surface area contributed by atoms with Crippen LogP contribution in [0.5, 0.6) is 11.5 Å². The smallest absolute Gasteiger partial charge is 0.312 e. The summed E-state index contributed by atoms with van der Waals surface area (Å²) in [5.41, 5.74) is 5.79. The van der Waals surface area contributed by atoms with Gasteiger partial charge >= 0.3 is 6.03 Å². The van der Waals surface area contributed by atoms with E-state index in [2.05, 4.69) is 10.6 Å². The SMILES string of the molecule is C[C@H](NC(=O)CNC(N)=O)c1ccc2c(c1)OCCO2. The highest BCUT2D eigenvalue weighted by atomic mass is 16.6. The van der Waals surface area contributed by atoms with Gasteiger partial charge in [-0.1, -0.05) is 6.07 Å². The molecule has 0 aromatic heterocycles. The van der Waals surface area contributed by atoms with Crippen molar-refractivity contribution in [2.45, 2.75) is 13.0 Å². The van der Waals surface area contributed by atoms with Gasteiger partial charge in [0.1, 0.15) is 13.2 Å². The highest BCUT2D eigenvalue weighted by Crippen LogP contribution is 2.32. The molecule has 0 bridgehead atoms. The molecule has 1 heterocycles. The zero-order chi connectivity index (χ0) is 14.5. The standard InChI is InChI=1S/C13H17N3O4/c1-8(16-12(17)7-15-13(14)18)9-2-3-10-11(6-9)20-5-4-19-10/h2-3,6,8H,4-5,7H2,1H3,(H,16,17)(H3,14,15,18)/t8-/m0/s1. The fraction of sp³-hybridized carbons (Fsp3) is 0.385. The second-order valence-corrected chi connectivity index (χ2v) is 4.41. The number of hydrogen-bond donors (Lipinski definition) is 3. The summed E-state index contributed by atoms with van der Waals surface area (Å²) in [5, 5.41) is 4.99. The molecule has 0 aliphatic carbocycles. The van der Waals surface area contributed by atoms with E-state index in [-0.39, 0.29) is 18.5 Å². The van der Waals surface area contributed by atoms with Crippen LogP contribution in [0.3, 0.4) is 0 Å². The van der Waals surface area contributed by atoms with Crippen molar-refractivity contribution in [3.63, 3.8) is 0 Å². The van der Waals surface area contributed by atoms with Crippen LogP contribution in [0.25, 0.3) is 0 Å². The van der Waals surface area contributed by atoms with Crippen molar-refractivity contribution >= 4 is 11.9 Å². The number of nitrogens with one attached hydrogen (secondary N) is 2. The van der Waals surface area contributed by atoms with E-state index in [1.807, 2.05) is 25.1 Å². The van der Waals surface area contributed by atoms with Gasteiger partial charge in [0.15, 0.2) is 11.5 Å². The van der Waals surface area contributed by atoms with Crippen molar-refractivity contribution in [2.24, 2.45) is 5.73 Å². The summed E-state index contributed by atoms with van der Waals surface area (Å²) in [6.45, 7) is 2.74. The van der Waals surface area contributed by atoms with Gasteiger partial charge in [-0.05, 0) is 24.6 Å². The predicted molar refractivity (Wildman–Crippen MR) is 71.6 cm³/mol. The Morgan fingerprint density at radius 3 is 2.70 bits per heavy atom. The topological polar surface area (TPSA) is 103 Å². The van der Waals surface area contributed by atoms with Crippen LogP contribution in [0, 0.1) is 0 Å². The molecular formula is C13H17N3O4. The average molecular weight is 279 g/mol. The first-order valence-electron chi connectivity index (χ1n) is 6.28. The number of nitrogens with two attached hydrogens (primary N) is 1. The number of ether oxygens (including phenoxy) is 2. The lowest BCUT2D eigenvalue weighted by molar-refractivity contribution is -0.120. The molecule has 7 nitrogen and oxygen atoms in total. The number of hydrogen-bond acceptors (Lipinski definition) is 4. The summed E-state index contributed by atoms with van der Waals surface area (Å²) < 4.78 is 10.9. The lowest BCUT2D eigenvalue weighted by Crippen LogP contribution is -2.40. The second-order valence-electron chi connectivity index (χ2n) is 4.41. The van der Waals surface area contributed by atoms with E-state index < -0.39 is 6.03 Å². The van der Waals surface area contributed by atoms with Crippen LogP contribution in [-0.4, -0.2) is 31.7 Å². The monoisotopic (exact) mass is 279 g/mol. The number of primary amides is 1. The maximum absolute atomic E-state index is 11.6. The van der Waals surface area contributed by atoms with Gasteiger partial charge in [0.25, 0.3) is 0 Å². The van der Waals surface area contributed by atoms with Crippen LogP contribution in [0.15, 0.2) is 18.2 Å². The quantitative estimate of drug-likeness (QED) is 0.737. The first-order valence-corrected chi connectivity index (χ1v) is 6.28. The molecule has 1 aliphatic heterocycles. The van der Waals surface area contributed by atoms with Crippen LogP contribution in [0.2, 0.25) is 0 Å². The normalized spacial score (nSPS) is 14.2. The van der Waals surface area contributed by atoms with E-state index in [1.54, 1.807) is 0 Å². The number of benzene rings is 1. The summed E-state index contributed by atoms with van der Waals surface area (Å²) >= 11 is 0. The van der Waals surface area contributed by atoms with E-state index in [0.717, 1.165) is 5.56 Å². The molecule has 1 aromatic carbocycles. The van der Waals surface area contributed by atoms with E-state index in [0.29, 0.717) is 24.7 Å². The summed E-state index contributed by atoms with van der Waals surface area (Å²) in [6.07, 6.45) is 0. The van der Waals surface area contributed by atoms with Crippen molar-refractivity contribution < 1.29 is 19.1 Å². The third-order valence-corrected chi connectivity index (χ3v) is 2.87. The molecule has 1 aromatic rings. The van der Waals surface area contributed by atoms with E-state index in [4.69, 9.17) is 15.2 Å². The molecule has 0 fully saturated rings. The summed E-state index contributed by atoms with van der Waals surface area (Å²) in [6, 6.07) is 4.56. The maximum atomic E-state index is 11.6. The lowest BCUT2D eigenvalue weighted by Gasteiger charge is -2.21. The number of carbonyl (C=O) groups is 2. The van der Waals surface area contributed by atoms with Gasteiger partial charge < -0.3 is 25.8 Å². The summed E-state index contributed by atoms with van der Waals surface area (Å²) in [4.78, 5) is 22.1. The van der Waals surface area contributed by atoms with Crippen LogP contribution < -0.4 is 25.8 Å². The molecular weight excluding hydrogens is 262 g/mol. The molecule has 0 spiro atoms. The Morgan fingerprint density at radius 2 is 2.00 bits per heavy atom. The minimum atomic E-state index is -0.730. The number of fused-ring (bicyclic) bond motifs is 1. The zero-order valence-electron chi connectivity index (χ0n) is 11.1. The van der Waals surface area contributed by atoms with Crippen molar-refractivity contribution in [3.05, 3.63) is 23.8 Å². The largest absolute Gasteiger partial charge is 0.486 e. The molecule has 108 valence electrons. The molecule has 20 heavy (non-hydrogen) atoms. The molecule has 4 N–H and O–H groups in total. The van der Waals surface area contributed by atoms with E-state index in [1.165, 1.54) is 0 Å². The molecule has 1 aliphatic rings. The number of urea groups is 1. The van der Waals surface area contributed by atoms with Gasteiger partial charge in [-0.2, -0.15) is 0 Å². The fourth-order valence-corrected chi connectivity index (χ4v) is 1.87. The van der Waals surface area contributed by atoms with Gasteiger partial charge in [-0.3, -0.25) is 4.79 Å². The first kappa shape index (κ1) is 14.0. The maximum Gasteiger partial charge on any atom is 0.312 e. The predicted octanol–water partition coefficient (Wildman–Crippen LogP) is 0.303. The Kier molecular flexibility index (Phi) is 4.29. The van der Waals surface area contributed by atoms with Gasteiger partial charge in [-0.15, -0.1) is 0 Å². The molecule has 0 radical (unpaired) electrons. The Bertz CT molecular complexity index is 518. The average Bonchev–Trinajstić information content (AvgIpc) is 2.44. The molecule has 0 saturated carbocycles. The van der Waals surface area contributed by atoms with Crippen molar-refractivity contribution in [1.29, 1.82) is 0 Å². The Hall–Kier alpha value is -2.44. The van der Waals surface area contributed by atoms with Gasteiger partial charge in [0.2, 0.25) is 5.91 Å². The molecule has 1 atom stereocenters. The van der Waals surface area contributed by atoms with Crippen LogP contribution >= 0.6 is 0 Å². The molecule has 2 rings (SSSR count). The van der Waals surface area contributed by atoms with Gasteiger partial charge in [0, 0.05) is 0 Å². The summed E-state index contributed by atoms with van der Waals surface area (Å²) in [7, 11) is 0. The Labute approximate surface area is 116 Å². The van der Waals surface area contributed by atoms with Crippen LogP contribution in [0.4, 0.5) is 4.79 Å². The highest BCUT2D eigenvalue weighted by molar-refractivity contribution is 5.83. The number of rotatable bonds is 4. The molecule has 0 unspecified atom stereocenters. The van der Waals surface area contributed by atoms with Crippen molar-refractivity contribution in [1.82, 2.24) is 10.6 Å². The minimum absolute atomic E-state index is 0.149. The highest BCUT2D eigenvalue weighted by Gasteiger charge is 2.15. The minimum Gasteiger partial charge on any atom is -0.486 e. The van der Waals surface area contributed by atoms with Crippen molar-refractivity contribution in [2.75, 3.05) is 19.8 Å². The number of carbonyl (C=O) groups excluding carboxylic acids is 2. The zero-order valence-corrected chi connectivity index (χ0v) is 11.1. The molecule has 0 saturated heterocycles. The third-order valence-electron chi connectivity index (χ3n) is 2.87. The van der Waals surface area contributed by atoms with Gasteiger partial charge in [0.05, 0.1) is 12.6 Å². The van der Waals surface area contributed by atoms with Crippen LogP contribution in [0.1, 0.15) is 18.5 Å². The lowest BCUT2D eigenvalue weighted by atomic mass is 10.1. The van der Waals surface area contributed by atoms with E-state index in [9.17, 15) is 9.59 Å². The Morgan fingerprint density at radius 1 is 1.30 bits per heavy atom. The van der Waals surface area contributed by atoms with Crippen LogP contribution in [-0.2, 0) is 4.79 Å². The van der Waals surface area contributed by atoms with Crippen molar-refractivity contribution in [3.8, 4) is 11.5 Å². The fourth-order valence-electron chi connectivity index (χ4n) is 1.87. The molecule has 7 heteroatoms. The Balaban J connectivity index is 1.96. The van der Waals surface area contributed by atoms with E-state index >= 15 is 0 Å². The third kappa shape index (κ3) is 3.53. The second kappa shape index (κ2) is 6.14. The molecule has 3 amide bonds. The first-order chi connectivity index (χ1) is 9.56. The van der Waals surface area contributed by atoms with Gasteiger partial charge in [-0.25, -0.2) is 4.79 Å². The summed E-state index contributed by atoms with van der Waals surface area (Å²) in [5.74, 6) is 1.06.